The van der Waals surface area contributed by atoms with Crippen LogP contribution in [0.4, 0.5) is 0 Å². The number of nitrogens with one attached hydrogen (secondary N) is 3. The first-order valence-corrected chi connectivity index (χ1v) is 11.2. The summed E-state index contributed by atoms with van der Waals surface area (Å²) in [6, 6.07) is 11.6. The molecule has 1 fully saturated rings. The third kappa shape index (κ3) is 6.15. The van der Waals surface area contributed by atoms with Crippen molar-refractivity contribution in [2.45, 2.75) is 51.6 Å². The van der Waals surface area contributed by atoms with Crippen molar-refractivity contribution in [3.8, 4) is 0 Å². The van der Waals surface area contributed by atoms with Gasteiger partial charge in [-0.3, -0.25) is 14.4 Å². The number of piperidine rings is 1. The van der Waals surface area contributed by atoms with Gasteiger partial charge in [0.15, 0.2) is 0 Å². The number of benzene rings is 2. The monoisotopic (exact) mass is 437 g/mol. The number of carbonyl (C=O) groups is 4. The van der Waals surface area contributed by atoms with Crippen molar-refractivity contribution in [3.05, 3.63) is 48.0 Å². The van der Waals surface area contributed by atoms with Gasteiger partial charge in [-0.2, -0.15) is 0 Å². The zero-order valence-corrected chi connectivity index (χ0v) is 18.6. The summed E-state index contributed by atoms with van der Waals surface area (Å²) >= 11 is 0. The predicted molar refractivity (Wildman–Crippen MR) is 123 cm³/mol. The second-order valence-corrected chi connectivity index (χ2v) is 8.83. The molecule has 3 amide bonds. The maximum absolute atomic E-state index is 13.0. The lowest BCUT2D eigenvalue weighted by molar-refractivity contribution is -0.129. The van der Waals surface area contributed by atoms with Crippen LogP contribution in [0.25, 0.3) is 10.8 Å². The normalized spacial score (nSPS) is 18.0. The molecule has 0 aliphatic carbocycles. The molecule has 7 nitrogen and oxygen atoms in total. The van der Waals surface area contributed by atoms with E-state index in [1.54, 1.807) is 12.1 Å². The Bertz CT molecular complexity index is 988. The fourth-order valence-corrected chi connectivity index (χ4v) is 4.07. The minimum Gasteiger partial charge on any atom is -0.356 e. The van der Waals surface area contributed by atoms with Crippen LogP contribution in [-0.2, 0) is 14.4 Å². The highest BCUT2D eigenvalue weighted by Crippen LogP contribution is 2.18. The van der Waals surface area contributed by atoms with Crippen LogP contribution >= 0.6 is 0 Å². The maximum Gasteiger partial charge on any atom is 0.251 e. The van der Waals surface area contributed by atoms with Gasteiger partial charge in [-0.25, -0.2) is 0 Å². The van der Waals surface area contributed by atoms with Crippen LogP contribution in [0.2, 0.25) is 0 Å². The van der Waals surface area contributed by atoms with Crippen molar-refractivity contribution >= 4 is 34.8 Å². The molecular formula is C25H31N3O4. The molecule has 1 aliphatic heterocycles. The Morgan fingerprint density at radius 3 is 2.56 bits per heavy atom. The highest BCUT2D eigenvalue weighted by Gasteiger charge is 2.29. The van der Waals surface area contributed by atoms with Crippen molar-refractivity contribution < 1.29 is 19.2 Å². The van der Waals surface area contributed by atoms with Gasteiger partial charge in [0.2, 0.25) is 11.8 Å². The topological polar surface area (TPSA) is 104 Å². The number of carbonyl (C=O) groups excluding carboxylic acids is 4. The zero-order valence-electron chi connectivity index (χ0n) is 18.6. The van der Waals surface area contributed by atoms with E-state index in [9.17, 15) is 19.2 Å². The largest absolute Gasteiger partial charge is 0.356 e. The van der Waals surface area contributed by atoms with Crippen LogP contribution in [0.5, 0.6) is 0 Å². The van der Waals surface area contributed by atoms with E-state index in [1.807, 2.05) is 44.2 Å². The molecule has 0 saturated carbocycles. The molecular weight excluding hydrogens is 406 g/mol. The summed E-state index contributed by atoms with van der Waals surface area (Å²) in [4.78, 5) is 49.5. The number of aldehydes is 1. The fraction of sp³-hybridized carbons (Fsp3) is 0.440. The highest BCUT2D eigenvalue weighted by molar-refractivity contribution is 6.00. The van der Waals surface area contributed by atoms with Gasteiger partial charge in [-0.05, 0) is 54.5 Å². The Hall–Kier alpha value is -3.22. The number of rotatable bonds is 9. The minimum atomic E-state index is -0.781. The van der Waals surface area contributed by atoms with Crippen LogP contribution in [0.1, 0.15) is 49.9 Å². The second-order valence-electron chi connectivity index (χ2n) is 8.83. The standard InChI is InChI=1S/C25H31N3O4/c1-16(2)12-22(25(32)27-21(15-29)14-19-8-5-11-26-23(19)30)28-24(31)20-10-9-17-6-3-4-7-18(17)13-20/h3-4,6-7,9-10,13,15-16,19,21-22H,5,8,11-12,14H2,1-2H3,(H,26,30)(H,27,32)(H,28,31)/t19?,21-,22-/m0/s1. The van der Waals surface area contributed by atoms with Crippen molar-refractivity contribution in [2.75, 3.05) is 6.54 Å². The number of hydrogen-bond acceptors (Lipinski definition) is 4. The van der Waals surface area contributed by atoms with E-state index in [0.717, 1.165) is 17.2 Å². The van der Waals surface area contributed by atoms with E-state index >= 15 is 0 Å². The molecule has 170 valence electrons. The molecule has 0 radical (unpaired) electrons. The van der Waals surface area contributed by atoms with Crippen LogP contribution in [0.3, 0.4) is 0 Å². The number of amides is 3. The van der Waals surface area contributed by atoms with Gasteiger partial charge in [0.25, 0.3) is 5.91 Å². The number of fused-ring (bicyclic) bond motifs is 1. The Morgan fingerprint density at radius 2 is 1.88 bits per heavy atom. The van der Waals surface area contributed by atoms with Crippen molar-refractivity contribution in [2.24, 2.45) is 11.8 Å². The fourth-order valence-electron chi connectivity index (χ4n) is 4.07. The predicted octanol–water partition coefficient (Wildman–Crippen LogP) is 2.58. The zero-order chi connectivity index (χ0) is 23.1. The quantitative estimate of drug-likeness (QED) is 0.525. The lowest BCUT2D eigenvalue weighted by atomic mass is 9.91. The van der Waals surface area contributed by atoms with Gasteiger partial charge in [-0.1, -0.05) is 44.2 Å². The third-order valence-electron chi connectivity index (χ3n) is 5.77. The summed E-state index contributed by atoms with van der Waals surface area (Å²) in [6.45, 7) is 4.57. The molecule has 3 atom stereocenters. The first-order chi connectivity index (χ1) is 15.4. The molecule has 2 aromatic rings. The smallest absolute Gasteiger partial charge is 0.251 e. The lowest BCUT2D eigenvalue weighted by Crippen LogP contribution is -2.51. The van der Waals surface area contributed by atoms with E-state index in [-0.39, 0.29) is 30.1 Å². The van der Waals surface area contributed by atoms with Crippen molar-refractivity contribution in [1.82, 2.24) is 16.0 Å². The Morgan fingerprint density at radius 1 is 1.12 bits per heavy atom. The molecule has 1 heterocycles. The van der Waals surface area contributed by atoms with E-state index in [0.29, 0.717) is 31.2 Å². The molecule has 0 aromatic heterocycles. The first-order valence-electron chi connectivity index (χ1n) is 11.2. The van der Waals surface area contributed by atoms with Gasteiger partial charge >= 0.3 is 0 Å². The first kappa shape index (κ1) is 23.4. The Kier molecular flexibility index (Phi) is 7.98. The highest BCUT2D eigenvalue weighted by atomic mass is 16.2. The summed E-state index contributed by atoms with van der Waals surface area (Å²) in [5.41, 5.74) is 0.469. The van der Waals surface area contributed by atoms with Crippen LogP contribution in [0.15, 0.2) is 42.5 Å². The molecule has 1 aliphatic rings. The van der Waals surface area contributed by atoms with Crippen LogP contribution in [-0.4, -0.2) is 42.6 Å². The molecule has 3 rings (SSSR count). The molecule has 0 spiro atoms. The lowest BCUT2D eigenvalue weighted by Gasteiger charge is -2.26. The van der Waals surface area contributed by atoms with E-state index < -0.39 is 18.0 Å². The summed E-state index contributed by atoms with van der Waals surface area (Å²) in [7, 11) is 0. The van der Waals surface area contributed by atoms with Gasteiger partial charge in [0.1, 0.15) is 12.3 Å². The third-order valence-corrected chi connectivity index (χ3v) is 5.77. The van der Waals surface area contributed by atoms with Gasteiger partial charge in [-0.15, -0.1) is 0 Å². The van der Waals surface area contributed by atoms with Crippen molar-refractivity contribution in [1.29, 1.82) is 0 Å². The van der Waals surface area contributed by atoms with Gasteiger partial charge < -0.3 is 20.7 Å². The van der Waals surface area contributed by atoms with Crippen molar-refractivity contribution in [3.63, 3.8) is 0 Å². The van der Waals surface area contributed by atoms with Crippen LogP contribution < -0.4 is 16.0 Å². The van der Waals surface area contributed by atoms with Gasteiger partial charge in [0.05, 0.1) is 6.04 Å². The van der Waals surface area contributed by atoms with E-state index in [1.165, 1.54) is 0 Å². The summed E-state index contributed by atoms with van der Waals surface area (Å²) < 4.78 is 0. The summed E-state index contributed by atoms with van der Waals surface area (Å²) in [5, 5.41) is 10.3. The Labute approximate surface area is 188 Å². The molecule has 0 bridgehead atoms. The number of hydrogen-bond donors (Lipinski definition) is 3. The summed E-state index contributed by atoms with van der Waals surface area (Å²) in [6.07, 6.45) is 2.90. The molecule has 2 aromatic carbocycles. The molecule has 1 unspecified atom stereocenters. The summed E-state index contributed by atoms with van der Waals surface area (Å²) in [5.74, 6) is -0.982. The Balaban J connectivity index is 1.68. The average Bonchev–Trinajstić information content (AvgIpc) is 2.78. The molecule has 32 heavy (non-hydrogen) atoms. The average molecular weight is 438 g/mol. The minimum absolute atomic E-state index is 0.0827. The molecule has 3 N–H and O–H groups in total. The van der Waals surface area contributed by atoms with E-state index in [4.69, 9.17) is 0 Å². The van der Waals surface area contributed by atoms with Crippen LogP contribution in [0, 0.1) is 11.8 Å². The second kappa shape index (κ2) is 10.9. The molecule has 7 heteroatoms. The van der Waals surface area contributed by atoms with E-state index in [2.05, 4.69) is 16.0 Å². The molecule has 1 saturated heterocycles. The van der Waals surface area contributed by atoms with Gasteiger partial charge in [0, 0.05) is 18.0 Å². The maximum atomic E-state index is 13.0. The SMILES string of the molecule is CC(C)C[C@H](NC(=O)c1ccc2ccccc2c1)C(=O)N[C@H](C=O)CC1CCCNC1=O.